The molecule has 0 unspecified atom stereocenters. The van der Waals surface area contributed by atoms with Crippen LogP contribution in [0.25, 0.3) is 0 Å². The zero-order valence-corrected chi connectivity index (χ0v) is 16.8. The highest BCUT2D eigenvalue weighted by molar-refractivity contribution is 6.02. The van der Waals surface area contributed by atoms with E-state index in [2.05, 4.69) is 5.32 Å². The van der Waals surface area contributed by atoms with Crippen LogP contribution < -0.4 is 10.2 Å². The molecule has 1 aliphatic carbocycles. The summed E-state index contributed by atoms with van der Waals surface area (Å²) in [6.45, 7) is 0. The first-order valence-electron chi connectivity index (χ1n) is 9.82. The number of methoxy groups -OCH3 is 1. The third-order valence-corrected chi connectivity index (χ3v) is 5.51. The van der Waals surface area contributed by atoms with Crippen molar-refractivity contribution in [2.75, 3.05) is 24.4 Å². The first kappa shape index (κ1) is 20.6. The normalized spacial score (nSPS) is 18.6. The van der Waals surface area contributed by atoms with Crippen LogP contribution in [0.15, 0.2) is 54.6 Å². The Morgan fingerprint density at radius 3 is 2.14 bits per heavy atom. The number of ether oxygens (including phenoxy) is 1. The van der Waals surface area contributed by atoms with Crippen LogP contribution in [-0.2, 0) is 14.3 Å². The van der Waals surface area contributed by atoms with E-state index >= 15 is 0 Å². The number of carbonyl (C=O) groups is 3. The minimum Gasteiger partial charge on any atom is -0.465 e. The molecule has 2 amide bonds. The van der Waals surface area contributed by atoms with Gasteiger partial charge in [-0.2, -0.15) is 0 Å². The maximum absolute atomic E-state index is 12.8. The van der Waals surface area contributed by atoms with Gasteiger partial charge in [0.2, 0.25) is 11.8 Å². The Bertz CT molecular complexity index is 873. The van der Waals surface area contributed by atoms with Crippen LogP contribution in [0.1, 0.15) is 36.0 Å². The molecule has 0 bridgehead atoms. The third kappa shape index (κ3) is 4.83. The smallest absolute Gasteiger partial charge is 0.339 e. The maximum atomic E-state index is 12.8. The summed E-state index contributed by atoms with van der Waals surface area (Å²) in [5.41, 5.74) is 1.65. The lowest BCUT2D eigenvalue weighted by Gasteiger charge is -2.30. The predicted molar refractivity (Wildman–Crippen MR) is 112 cm³/mol. The minimum atomic E-state index is -0.487. The summed E-state index contributed by atoms with van der Waals surface area (Å²) in [5, 5.41) is 2.85. The number of anilines is 2. The summed E-state index contributed by atoms with van der Waals surface area (Å²) in [6.07, 6.45) is 2.63. The van der Waals surface area contributed by atoms with Gasteiger partial charge >= 0.3 is 5.97 Å². The highest BCUT2D eigenvalue weighted by Crippen LogP contribution is 2.32. The number of para-hydroxylation sites is 2. The summed E-state index contributed by atoms with van der Waals surface area (Å²) in [4.78, 5) is 39.1. The van der Waals surface area contributed by atoms with Gasteiger partial charge < -0.3 is 15.0 Å². The van der Waals surface area contributed by atoms with Crippen LogP contribution in [0.4, 0.5) is 11.4 Å². The fourth-order valence-corrected chi connectivity index (χ4v) is 3.77. The van der Waals surface area contributed by atoms with Crippen molar-refractivity contribution in [3.8, 4) is 0 Å². The Hall–Kier alpha value is -3.15. The molecule has 0 radical (unpaired) electrons. The molecule has 0 aliphatic heterocycles. The molecule has 0 heterocycles. The second-order valence-electron chi connectivity index (χ2n) is 7.31. The van der Waals surface area contributed by atoms with Crippen molar-refractivity contribution in [3.05, 3.63) is 60.2 Å². The van der Waals surface area contributed by atoms with Gasteiger partial charge in [0, 0.05) is 24.6 Å². The van der Waals surface area contributed by atoms with E-state index in [4.69, 9.17) is 4.74 Å². The van der Waals surface area contributed by atoms with Crippen molar-refractivity contribution < 1.29 is 19.1 Å². The quantitative estimate of drug-likeness (QED) is 0.781. The second-order valence-corrected chi connectivity index (χ2v) is 7.31. The maximum Gasteiger partial charge on any atom is 0.339 e. The molecule has 152 valence electrons. The summed E-state index contributed by atoms with van der Waals surface area (Å²) in [6, 6.07) is 16.4. The van der Waals surface area contributed by atoms with Crippen molar-refractivity contribution in [1.29, 1.82) is 0 Å². The molecular weight excluding hydrogens is 368 g/mol. The van der Waals surface area contributed by atoms with Gasteiger partial charge in [-0.15, -0.1) is 0 Å². The van der Waals surface area contributed by atoms with E-state index < -0.39 is 5.97 Å². The Labute approximate surface area is 170 Å². The van der Waals surface area contributed by atoms with Crippen molar-refractivity contribution >= 4 is 29.2 Å². The standard InChI is InChI=1S/C23H26N2O4/c1-25(18-8-4-3-5-9-18)22(27)17-14-12-16(13-15-17)21(26)24-20-11-7-6-10-19(20)23(28)29-2/h3-11,16-17H,12-15H2,1-2H3,(H,24,26). The lowest BCUT2D eigenvalue weighted by molar-refractivity contribution is -0.126. The molecule has 6 nitrogen and oxygen atoms in total. The summed E-state index contributed by atoms with van der Waals surface area (Å²) >= 11 is 0. The first-order chi connectivity index (χ1) is 14.0. The van der Waals surface area contributed by atoms with Crippen molar-refractivity contribution in [2.24, 2.45) is 11.8 Å². The number of amides is 2. The molecule has 3 rings (SSSR count). The van der Waals surface area contributed by atoms with E-state index in [0.717, 1.165) is 5.69 Å². The van der Waals surface area contributed by atoms with Crippen molar-refractivity contribution in [2.45, 2.75) is 25.7 Å². The zero-order valence-electron chi connectivity index (χ0n) is 16.8. The molecule has 2 aromatic carbocycles. The summed E-state index contributed by atoms with van der Waals surface area (Å²) in [5.74, 6) is -0.771. The number of nitrogens with zero attached hydrogens (tertiary/aromatic N) is 1. The molecule has 0 saturated heterocycles. The van der Waals surface area contributed by atoms with Gasteiger partial charge in [-0.1, -0.05) is 30.3 Å². The second kappa shape index (κ2) is 9.37. The molecule has 6 heteroatoms. The minimum absolute atomic E-state index is 0.0772. The molecular formula is C23H26N2O4. The van der Waals surface area contributed by atoms with E-state index in [0.29, 0.717) is 36.9 Å². The van der Waals surface area contributed by atoms with E-state index in [-0.39, 0.29) is 23.7 Å². The van der Waals surface area contributed by atoms with E-state index in [1.807, 2.05) is 30.3 Å². The van der Waals surface area contributed by atoms with Crippen LogP contribution in [0.2, 0.25) is 0 Å². The highest BCUT2D eigenvalue weighted by Gasteiger charge is 2.32. The lowest BCUT2D eigenvalue weighted by atomic mass is 9.81. The summed E-state index contributed by atoms with van der Waals surface area (Å²) in [7, 11) is 3.10. The molecule has 1 saturated carbocycles. The highest BCUT2D eigenvalue weighted by atomic mass is 16.5. The van der Waals surface area contributed by atoms with Gasteiger partial charge in [-0.05, 0) is 49.9 Å². The number of rotatable bonds is 5. The van der Waals surface area contributed by atoms with Crippen LogP contribution >= 0.6 is 0 Å². The van der Waals surface area contributed by atoms with Gasteiger partial charge in [0.25, 0.3) is 0 Å². The fraction of sp³-hybridized carbons (Fsp3) is 0.348. The average molecular weight is 394 g/mol. The van der Waals surface area contributed by atoms with E-state index in [9.17, 15) is 14.4 Å². The molecule has 1 aliphatic rings. The largest absolute Gasteiger partial charge is 0.465 e. The number of nitrogens with one attached hydrogen (secondary N) is 1. The number of esters is 1. The van der Waals surface area contributed by atoms with Gasteiger partial charge in [-0.3, -0.25) is 9.59 Å². The Morgan fingerprint density at radius 2 is 1.48 bits per heavy atom. The third-order valence-electron chi connectivity index (χ3n) is 5.51. The van der Waals surface area contributed by atoms with Crippen LogP contribution in [0.5, 0.6) is 0 Å². The van der Waals surface area contributed by atoms with Gasteiger partial charge in [0.05, 0.1) is 18.4 Å². The van der Waals surface area contributed by atoms with E-state index in [1.54, 1.807) is 36.2 Å². The number of benzene rings is 2. The van der Waals surface area contributed by atoms with Crippen LogP contribution in [0.3, 0.4) is 0 Å². The number of hydrogen-bond donors (Lipinski definition) is 1. The predicted octanol–water partition coefficient (Wildman–Crippen LogP) is 3.88. The van der Waals surface area contributed by atoms with Crippen LogP contribution in [0, 0.1) is 11.8 Å². The molecule has 29 heavy (non-hydrogen) atoms. The monoisotopic (exact) mass is 394 g/mol. The van der Waals surface area contributed by atoms with E-state index in [1.165, 1.54) is 7.11 Å². The Balaban J connectivity index is 1.58. The molecule has 2 aromatic rings. The number of carbonyl (C=O) groups excluding carboxylic acids is 3. The lowest BCUT2D eigenvalue weighted by Crippen LogP contribution is -2.36. The van der Waals surface area contributed by atoms with Gasteiger partial charge in [0.1, 0.15) is 0 Å². The van der Waals surface area contributed by atoms with Gasteiger partial charge in [-0.25, -0.2) is 4.79 Å². The average Bonchev–Trinajstić information content (AvgIpc) is 2.78. The summed E-state index contributed by atoms with van der Waals surface area (Å²) < 4.78 is 4.77. The molecule has 0 atom stereocenters. The molecule has 1 N–H and O–H groups in total. The Morgan fingerprint density at radius 1 is 0.897 bits per heavy atom. The van der Waals surface area contributed by atoms with Gasteiger partial charge in [0.15, 0.2) is 0 Å². The van der Waals surface area contributed by atoms with Crippen LogP contribution in [-0.4, -0.2) is 31.9 Å². The SMILES string of the molecule is COC(=O)c1ccccc1NC(=O)C1CCC(C(=O)N(C)c2ccccc2)CC1. The van der Waals surface area contributed by atoms with Crippen molar-refractivity contribution in [1.82, 2.24) is 0 Å². The zero-order chi connectivity index (χ0) is 20.8. The fourth-order valence-electron chi connectivity index (χ4n) is 3.77. The topological polar surface area (TPSA) is 75.7 Å². The molecule has 1 fully saturated rings. The molecule has 0 spiro atoms. The van der Waals surface area contributed by atoms with Crippen molar-refractivity contribution in [3.63, 3.8) is 0 Å². The molecule has 0 aromatic heterocycles. The Kier molecular flexibility index (Phi) is 6.65. The number of hydrogen-bond acceptors (Lipinski definition) is 4. The first-order valence-corrected chi connectivity index (χ1v) is 9.82.